The lowest BCUT2D eigenvalue weighted by atomic mass is 10.3. The van der Waals surface area contributed by atoms with Crippen molar-refractivity contribution in [3.63, 3.8) is 0 Å². The maximum absolute atomic E-state index is 10.9. The van der Waals surface area contributed by atoms with Gasteiger partial charge in [0.1, 0.15) is 12.2 Å². The zero-order chi connectivity index (χ0) is 11.4. The van der Waals surface area contributed by atoms with Crippen molar-refractivity contribution in [3.8, 4) is 0 Å². The van der Waals surface area contributed by atoms with Crippen LogP contribution in [0.3, 0.4) is 0 Å². The maximum Gasteiger partial charge on any atom is 0.346 e. The van der Waals surface area contributed by atoms with Crippen LogP contribution in [0.15, 0.2) is 0 Å². The van der Waals surface area contributed by atoms with Crippen molar-refractivity contribution in [3.05, 3.63) is 21.6 Å². The normalized spacial score (nSPS) is 10.6. The summed E-state index contributed by atoms with van der Waals surface area (Å²) in [6, 6.07) is 0. The van der Waals surface area contributed by atoms with Gasteiger partial charge < -0.3 is 10.1 Å². The standard InChI is InChI=1S/C8H13N3O2S2/c1-6-9-7(2-4-14)8(11(12)13)10(6)3-5-15/h14-15H,2-5H2,1H3. The third-order valence-electron chi connectivity index (χ3n) is 2.05. The van der Waals surface area contributed by atoms with Gasteiger partial charge in [-0.3, -0.25) is 0 Å². The highest BCUT2D eigenvalue weighted by atomic mass is 32.1. The second-order valence-corrected chi connectivity index (χ2v) is 3.93. The SMILES string of the molecule is Cc1nc(CCS)c([N+](=O)[O-])n1CCS. The van der Waals surface area contributed by atoms with Crippen LogP contribution in [0.1, 0.15) is 11.5 Å². The number of thiol groups is 2. The summed E-state index contributed by atoms with van der Waals surface area (Å²) in [6.07, 6.45) is 0.514. The third-order valence-corrected chi connectivity index (χ3v) is 2.47. The Morgan fingerprint density at radius 2 is 2.13 bits per heavy atom. The van der Waals surface area contributed by atoms with E-state index < -0.39 is 0 Å². The average molecular weight is 247 g/mol. The van der Waals surface area contributed by atoms with E-state index in [0.29, 0.717) is 36.0 Å². The Kier molecular flexibility index (Phi) is 4.46. The Bertz CT molecular complexity index is 365. The van der Waals surface area contributed by atoms with Crippen molar-refractivity contribution in [1.29, 1.82) is 0 Å². The molecule has 0 radical (unpaired) electrons. The molecule has 0 spiro atoms. The first-order chi connectivity index (χ1) is 7.11. The number of aryl methyl sites for hydroxylation is 2. The number of nitrogens with zero attached hydrogens (tertiary/aromatic N) is 3. The molecule has 15 heavy (non-hydrogen) atoms. The van der Waals surface area contributed by atoms with Gasteiger partial charge in [-0.1, -0.05) is 0 Å². The molecule has 1 aromatic heterocycles. The van der Waals surface area contributed by atoms with E-state index in [0.717, 1.165) is 0 Å². The maximum atomic E-state index is 10.9. The Labute approximate surface area is 98.9 Å². The fraction of sp³-hybridized carbons (Fsp3) is 0.625. The fourth-order valence-corrected chi connectivity index (χ4v) is 1.87. The van der Waals surface area contributed by atoms with Gasteiger partial charge in [-0.25, -0.2) is 9.55 Å². The molecule has 0 fully saturated rings. The number of hydrogen-bond donors (Lipinski definition) is 2. The highest BCUT2D eigenvalue weighted by molar-refractivity contribution is 7.80. The number of nitro groups is 1. The molecule has 0 aliphatic rings. The fourth-order valence-electron chi connectivity index (χ4n) is 1.46. The quantitative estimate of drug-likeness (QED) is 0.471. The number of imidazole rings is 1. The van der Waals surface area contributed by atoms with Crippen molar-refractivity contribution in [2.75, 3.05) is 11.5 Å². The highest BCUT2D eigenvalue weighted by Gasteiger charge is 2.23. The minimum atomic E-state index is -0.387. The van der Waals surface area contributed by atoms with Crippen molar-refractivity contribution in [1.82, 2.24) is 9.55 Å². The van der Waals surface area contributed by atoms with Crippen molar-refractivity contribution >= 4 is 31.1 Å². The number of hydrogen-bond acceptors (Lipinski definition) is 5. The summed E-state index contributed by atoms with van der Waals surface area (Å²) in [7, 11) is 0. The molecule has 0 unspecified atom stereocenters. The molecule has 84 valence electrons. The summed E-state index contributed by atoms with van der Waals surface area (Å²) in [5.74, 6) is 1.85. The molecule has 0 saturated heterocycles. The lowest BCUT2D eigenvalue weighted by Gasteiger charge is -2.01. The Morgan fingerprint density at radius 3 is 2.60 bits per heavy atom. The second-order valence-electron chi connectivity index (χ2n) is 3.04. The van der Waals surface area contributed by atoms with Gasteiger partial charge in [0.05, 0.1) is 0 Å². The molecule has 1 heterocycles. The van der Waals surface area contributed by atoms with Crippen LogP contribution < -0.4 is 0 Å². The Balaban J connectivity index is 3.18. The van der Waals surface area contributed by atoms with Gasteiger partial charge in [-0.2, -0.15) is 25.3 Å². The molecule has 0 atom stereocenters. The van der Waals surface area contributed by atoms with Gasteiger partial charge in [-0.05, 0) is 10.7 Å². The molecule has 0 aliphatic heterocycles. The van der Waals surface area contributed by atoms with E-state index in [1.165, 1.54) is 0 Å². The number of rotatable bonds is 5. The monoisotopic (exact) mass is 247 g/mol. The topological polar surface area (TPSA) is 61.0 Å². The molecule has 1 rings (SSSR count). The first-order valence-electron chi connectivity index (χ1n) is 4.54. The van der Waals surface area contributed by atoms with Crippen LogP contribution in [0, 0.1) is 17.0 Å². The summed E-state index contributed by atoms with van der Waals surface area (Å²) in [5, 5.41) is 10.9. The molecule has 5 nitrogen and oxygen atoms in total. The van der Waals surface area contributed by atoms with Crippen LogP contribution in [0.4, 0.5) is 5.82 Å². The minimum absolute atomic E-state index is 0.0793. The van der Waals surface area contributed by atoms with Gasteiger partial charge in [0, 0.05) is 19.1 Å². The highest BCUT2D eigenvalue weighted by Crippen LogP contribution is 2.21. The van der Waals surface area contributed by atoms with Gasteiger partial charge >= 0.3 is 5.82 Å². The van der Waals surface area contributed by atoms with E-state index >= 15 is 0 Å². The lowest BCUT2D eigenvalue weighted by Crippen LogP contribution is -2.07. The smallest absolute Gasteiger partial charge is 0.346 e. The van der Waals surface area contributed by atoms with E-state index in [9.17, 15) is 10.1 Å². The van der Waals surface area contributed by atoms with E-state index in [1.54, 1.807) is 11.5 Å². The molecule has 0 aliphatic carbocycles. The van der Waals surface area contributed by atoms with Gasteiger partial charge in [0.25, 0.3) is 0 Å². The molecule has 1 aromatic rings. The van der Waals surface area contributed by atoms with E-state index in [-0.39, 0.29) is 10.7 Å². The Morgan fingerprint density at radius 1 is 1.47 bits per heavy atom. The number of aromatic nitrogens is 2. The predicted molar refractivity (Wildman–Crippen MR) is 65.0 cm³/mol. The van der Waals surface area contributed by atoms with Crippen LogP contribution in [-0.2, 0) is 13.0 Å². The van der Waals surface area contributed by atoms with Crippen molar-refractivity contribution < 1.29 is 4.92 Å². The summed E-state index contributed by atoms with van der Waals surface area (Å²) < 4.78 is 1.59. The van der Waals surface area contributed by atoms with Crippen LogP contribution in [-0.4, -0.2) is 26.0 Å². The largest absolute Gasteiger partial charge is 0.358 e. The van der Waals surface area contributed by atoms with Crippen LogP contribution in [0.25, 0.3) is 0 Å². The van der Waals surface area contributed by atoms with Gasteiger partial charge in [0.15, 0.2) is 5.82 Å². The molecule has 0 aromatic carbocycles. The molecule has 0 saturated carbocycles. The summed E-state index contributed by atoms with van der Waals surface area (Å²) >= 11 is 8.13. The van der Waals surface area contributed by atoms with Gasteiger partial charge in [0.2, 0.25) is 0 Å². The molecule has 0 N–H and O–H groups in total. The summed E-state index contributed by atoms with van der Waals surface area (Å²) in [5.41, 5.74) is 0.509. The zero-order valence-electron chi connectivity index (χ0n) is 8.38. The Hall–Kier alpha value is -0.690. The van der Waals surface area contributed by atoms with Crippen LogP contribution >= 0.6 is 25.3 Å². The summed E-state index contributed by atoms with van der Waals surface area (Å²) in [6.45, 7) is 2.27. The molecular formula is C8H13N3O2S2. The van der Waals surface area contributed by atoms with E-state index in [1.807, 2.05) is 0 Å². The van der Waals surface area contributed by atoms with Crippen LogP contribution in [0.5, 0.6) is 0 Å². The predicted octanol–water partition coefficient (Wildman–Crippen LogP) is 1.50. The lowest BCUT2D eigenvalue weighted by molar-refractivity contribution is -0.392. The first kappa shape index (κ1) is 12.4. The van der Waals surface area contributed by atoms with Gasteiger partial charge in [-0.15, -0.1) is 0 Å². The summed E-state index contributed by atoms with van der Waals surface area (Å²) in [4.78, 5) is 14.7. The van der Waals surface area contributed by atoms with Crippen LogP contribution in [0.2, 0.25) is 0 Å². The molecule has 0 amide bonds. The van der Waals surface area contributed by atoms with E-state index in [2.05, 4.69) is 30.2 Å². The molecular weight excluding hydrogens is 234 g/mol. The van der Waals surface area contributed by atoms with E-state index in [4.69, 9.17) is 0 Å². The third kappa shape index (κ3) is 2.66. The average Bonchev–Trinajstić information content (AvgIpc) is 2.44. The van der Waals surface area contributed by atoms with Crippen molar-refractivity contribution in [2.24, 2.45) is 0 Å². The second kappa shape index (κ2) is 5.41. The minimum Gasteiger partial charge on any atom is -0.358 e. The first-order valence-corrected chi connectivity index (χ1v) is 5.80. The molecule has 0 bridgehead atoms. The molecule has 7 heteroatoms. The zero-order valence-corrected chi connectivity index (χ0v) is 10.2. The van der Waals surface area contributed by atoms with Crippen molar-refractivity contribution in [2.45, 2.75) is 19.9 Å².